The first-order valence-corrected chi connectivity index (χ1v) is 6.84. The van der Waals surface area contributed by atoms with Crippen LogP contribution in [0, 0.1) is 24.6 Å². The quantitative estimate of drug-likeness (QED) is 0.878. The molecule has 0 aliphatic rings. The number of hydrogen-bond acceptors (Lipinski definition) is 2. The minimum atomic E-state index is -0.359. The lowest BCUT2D eigenvalue weighted by Crippen LogP contribution is -1.99. The third-order valence-electron chi connectivity index (χ3n) is 2.89. The molecular weight excluding hydrogens is 289 g/mol. The van der Waals surface area contributed by atoms with Crippen LogP contribution in [0.5, 0.6) is 5.75 Å². The van der Waals surface area contributed by atoms with E-state index in [2.05, 4.69) is 11.8 Å². The molecular formula is C17H15ClFNO. The summed E-state index contributed by atoms with van der Waals surface area (Å²) in [5.41, 5.74) is 7.42. The molecule has 0 atom stereocenters. The highest BCUT2D eigenvalue weighted by Crippen LogP contribution is 2.23. The van der Waals surface area contributed by atoms with Gasteiger partial charge in [0.15, 0.2) is 0 Å². The Morgan fingerprint density at radius 2 is 2.05 bits per heavy atom. The summed E-state index contributed by atoms with van der Waals surface area (Å²) in [7, 11) is 0. The van der Waals surface area contributed by atoms with Gasteiger partial charge in [0.25, 0.3) is 0 Å². The van der Waals surface area contributed by atoms with E-state index >= 15 is 0 Å². The minimum absolute atomic E-state index is 0.199. The highest BCUT2D eigenvalue weighted by molar-refractivity contribution is 6.30. The molecule has 0 amide bonds. The molecule has 0 heterocycles. The van der Waals surface area contributed by atoms with Crippen molar-refractivity contribution in [3.63, 3.8) is 0 Å². The van der Waals surface area contributed by atoms with E-state index in [1.165, 1.54) is 6.07 Å². The maximum Gasteiger partial charge on any atom is 0.138 e. The number of ether oxygens (including phenoxy) is 1. The molecule has 2 aromatic carbocycles. The van der Waals surface area contributed by atoms with Gasteiger partial charge in [-0.25, -0.2) is 4.39 Å². The smallest absolute Gasteiger partial charge is 0.138 e. The molecule has 0 fully saturated rings. The first-order valence-electron chi connectivity index (χ1n) is 6.46. The molecule has 0 aromatic heterocycles. The van der Waals surface area contributed by atoms with Crippen LogP contribution in [0.15, 0.2) is 36.4 Å². The van der Waals surface area contributed by atoms with Crippen molar-refractivity contribution in [1.82, 2.24) is 0 Å². The molecule has 0 unspecified atom stereocenters. The Morgan fingerprint density at radius 3 is 2.76 bits per heavy atom. The van der Waals surface area contributed by atoms with Gasteiger partial charge in [0.2, 0.25) is 0 Å². The standard InChI is InChI=1S/C17H15ClFNO/c1-12-9-15(18)5-7-17(12)21-11-13-4-6-16(19)14(10-13)3-2-8-20/h4-7,9-10H,8,11,20H2,1H3. The predicted molar refractivity (Wildman–Crippen MR) is 82.9 cm³/mol. The lowest BCUT2D eigenvalue weighted by molar-refractivity contribution is 0.304. The summed E-state index contributed by atoms with van der Waals surface area (Å²) in [5, 5.41) is 0.668. The fraction of sp³-hybridized carbons (Fsp3) is 0.176. The molecule has 2 N–H and O–H groups in total. The second-order valence-corrected chi connectivity index (χ2v) is 4.96. The monoisotopic (exact) mass is 303 g/mol. The van der Waals surface area contributed by atoms with Crippen LogP contribution in [0.2, 0.25) is 5.02 Å². The molecule has 0 saturated heterocycles. The van der Waals surface area contributed by atoms with E-state index < -0.39 is 0 Å². The summed E-state index contributed by atoms with van der Waals surface area (Å²) in [5.74, 6) is 5.74. The fourth-order valence-corrected chi connectivity index (χ4v) is 2.07. The average Bonchev–Trinajstić information content (AvgIpc) is 2.46. The first kappa shape index (κ1) is 15.4. The number of nitrogens with two attached hydrogens (primary N) is 1. The van der Waals surface area contributed by atoms with E-state index in [9.17, 15) is 4.39 Å². The lowest BCUT2D eigenvalue weighted by atomic mass is 10.1. The molecule has 0 aliphatic carbocycles. The van der Waals surface area contributed by atoms with E-state index in [0.29, 0.717) is 17.2 Å². The fourth-order valence-electron chi connectivity index (χ4n) is 1.84. The number of aryl methyl sites for hydroxylation is 1. The largest absolute Gasteiger partial charge is 0.489 e. The van der Waals surface area contributed by atoms with Crippen LogP contribution in [0.4, 0.5) is 4.39 Å². The molecule has 0 saturated carbocycles. The van der Waals surface area contributed by atoms with E-state index in [0.717, 1.165) is 16.9 Å². The Balaban J connectivity index is 2.13. The highest BCUT2D eigenvalue weighted by Gasteiger charge is 2.04. The number of halogens is 2. The summed E-state index contributed by atoms with van der Waals surface area (Å²) in [6.45, 7) is 2.45. The Morgan fingerprint density at radius 1 is 1.24 bits per heavy atom. The second-order valence-electron chi connectivity index (χ2n) is 4.52. The van der Waals surface area contributed by atoms with Gasteiger partial charge in [-0.3, -0.25) is 0 Å². The molecule has 0 radical (unpaired) electrons. The van der Waals surface area contributed by atoms with Crippen LogP contribution >= 0.6 is 11.6 Å². The SMILES string of the molecule is Cc1cc(Cl)ccc1OCc1ccc(F)c(C#CCN)c1. The Kier molecular flexibility index (Phi) is 5.21. The summed E-state index contributed by atoms with van der Waals surface area (Å²) >= 11 is 5.90. The maximum atomic E-state index is 13.6. The van der Waals surface area contributed by atoms with Crippen molar-refractivity contribution in [2.45, 2.75) is 13.5 Å². The van der Waals surface area contributed by atoms with Crippen molar-refractivity contribution in [2.75, 3.05) is 6.54 Å². The molecule has 2 aromatic rings. The molecule has 0 bridgehead atoms. The predicted octanol–water partition coefficient (Wildman–Crippen LogP) is 3.68. The van der Waals surface area contributed by atoms with Gasteiger partial charge in [-0.05, 0) is 48.4 Å². The molecule has 108 valence electrons. The van der Waals surface area contributed by atoms with E-state index in [4.69, 9.17) is 22.1 Å². The van der Waals surface area contributed by atoms with Crippen molar-refractivity contribution < 1.29 is 9.13 Å². The van der Waals surface area contributed by atoms with E-state index in [1.807, 2.05) is 19.1 Å². The lowest BCUT2D eigenvalue weighted by Gasteiger charge is -2.10. The van der Waals surface area contributed by atoms with Crippen molar-refractivity contribution in [3.8, 4) is 17.6 Å². The average molecular weight is 304 g/mol. The zero-order valence-corrected chi connectivity index (χ0v) is 12.4. The van der Waals surface area contributed by atoms with Crippen LogP contribution in [-0.2, 0) is 6.61 Å². The highest BCUT2D eigenvalue weighted by atomic mass is 35.5. The van der Waals surface area contributed by atoms with Gasteiger partial charge in [0.1, 0.15) is 18.2 Å². The van der Waals surface area contributed by atoms with Crippen LogP contribution in [0.25, 0.3) is 0 Å². The Labute approximate surface area is 128 Å². The van der Waals surface area contributed by atoms with Crippen molar-refractivity contribution in [3.05, 3.63) is 63.9 Å². The Bertz CT molecular complexity index is 704. The molecule has 0 spiro atoms. The van der Waals surface area contributed by atoms with Gasteiger partial charge in [0, 0.05) is 5.02 Å². The third-order valence-corrected chi connectivity index (χ3v) is 3.12. The van der Waals surface area contributed by atoms with Crippen molar-refractivity contribution in [1.29, 1.82) is 0 Å². The van der Waals surface area contributed by atoms with E-state index in [-0.39, 0.29) is 12.4 Å². The number of rotatable bonds is 3. The number of hydrogen-bond donors (Lipinski definition) is 1. The van der Waals surface area contributed by atoms with Gasteiger partial charge < -0.3 is 10.5 Å². The van der Waals surface area contributed by atoms with Crippen LogP contribution < -0.4 is 10.5 Å². The van der Waals surface area contributed by atoms with Crippen LogP contribution in [-0.4, -0.2) is 6.54 Å². The van der Waals surface area contributed by atoms with Gasteiger partial charge in [-0.15, -0.1) is 0 Å². The van der Waals surface area contributed by atoms with Crippen molar-refractivity contribution >= 4 is 11.6 Å². The van der Waals surface area contributed by atoms with Gasteiger partial charge in [-0.2, -0.15) is 0 Å². The minimum Gasteiger partial charge on any atom is -0.489 e. The number of benzene rings is 2. The normalized spacial score (nSPS) is 9.90. The molecule has 2 nitrogen and oxygen atoms in total. The zero-order chi connectivity index (χ0) is 15.2. The van der Waals surface area contributed by atoms with Crippen LogP contribution in [0.3, 0.4) is 0 Å². The first-order chi connectivity index (χ1) is 10.1. The zero-order valence-electron chi connectivity index (χ0n) is 11.6. The molecule has 0 aliphatic heterocycles. The van der Waals surface area contributed by atoms with E-state index in [1.54, 1.807) is 18.2 Å². The van der Waals surface area contributed by atoms with Gasteiger partial charge in [-0.1, -0.05) is 29.5 Å². The van der Waals surface area contributed by atoms with Crippen LogP contribution in [0.1, 0.15) is 16.7 Å². The molecule has 2 rings (SSSR count). The summed E-state index contributed by atoms with van der Waals surface area (Å²) in [6.07, 6.45) is 0. The van der Waals surface area contributed by atoms with Crippen molar-refractivity contribution in [2.24, 2.45) is 5.73 Å². The molecule has 21 heavy (non-hydrogen) atoms. The maximum absolute atomic E-state index is 13.6. The summed E-state index contributed by atoms with van der Waals surface area (Å²) < 4.78 is 19.3. The summed E-state index contributed by atoms with van der Waals surface area (Å²) in [4.78, 5) is 0. The van der Waals surface area contributed by atoms with Gasteiger partial charge in [0.05, 0.1) is 12.1 Å². The summed E-state index contributed by atoms with van der Waals surface area (Å²) in [6, 6.07) is 10.1. The third kappa shape index (κ3) is 4.22. The Hall–Kier alpha value is -2.02. The molecule has 4 heteroatoms. The van der Waals surface area contributed by atoms with Gasteiger partial charge >= 0.3 is 0 Å². The second kappa shape index (κ2) is 7.12. The topological polar surface area (TPSA) is 35.2 Å².